The van der Waals surface area contributed by atoms with Crippen LogP contribution in [-0.2, 0) is 6.42 Å². The van der Waals surface area contributed by atoms with Crippen LogP contribution in [0, 0.1) is 18.8 Å². The van der Waals surface area contributed by atoms with Crippen LogP contribution < -0.4 is 10.1 Å². The maximum absolute atomic E-state index is 6.04. The third-order valence-corrected chi connectivity index (χ3v) is 4.77. The molecule has 1 fully saturated rings. The summed E-state index contributed by atoms with van der Waals surface area (Å²) >= 11 is 0. The predicted octanol–water partition coefficient (Wildman–Crippen LogP) is 3.71. The first-order chi connectivity index (χ1) is 9.60. The van der Waals surface area contributed by atoms with Crippen molar-refractivity contribution >= 4 is 0 Å². The minimum atomic E-state index is 0.319. The number of nitrogens with one attached hydrogen (secondary N) is 1. The van der Waals surface area contributed by atoms with Crippen molar-refractivity contribution in [3.05, 3.63) is 29.3 Å². The minimum absolute atomic E-state index is 0.319. The van der Waals surface area contributed by atoms with Gasteiger partial charge in [0.1, 0.15) is 11.9 Å². The molecular weight excluding hydrogens is 246 g/mol. The van der Waals surface area contributed by atoms with E-state index in [9.17, 15) is 0 Å². The number of aryl methyl sites for hydroxylation is 1. The Bertz CT molecular complexity index is 460. The van der Waals surface area contributed by atoms with Crippen molar-refractivity contribution in [3.63, 3.8) is 0 Å². The van der Waals surface area contributed by atoms with Gasteiger partial charge in [-0.05, 0) is 49.7 Å². The van der Waals surface area contributed by atoms with Gasteiger partial charge in [-0.25, -0.2) is 0 Å². The lowest BCUT2D eigenvalue weighted by Gasteiger charge is -2.32. The van der Waals surface area contributed by atoms with E-state index >= 15 is 0 Å². The summed E-state index contributed by atoms with van der Waals surface area (Å²) in [5.41, 5.74) is 2.71. The molecule has 3 unspecified atom stereocenters. The van der Waals surface area contributed by atoms with E-state index in [4.69, 9.17) is 4.74 Å². The molecule has 0 aromatic heterocycles. The molecule has 0 saturated heterocycles. The van der Waals surface area contributed by atoms with Crippen LogP contribution in [0.15, 0.2) is 18.2 Å². The van der Waals surface area contributed by atoms with Gasteiger partial charge < -0.3 is 10.1 Å². The minimum Gasteiger partial charge on any atom is -0.488 e. The molecule has 2 nitrogen and oxygen atoms in total. The molecule has 110 valence electrons. The Morgan fingerprint density at radius 2 is 1.90 bits per heavy atom. The summed E-state index contributed by atoms with van der Waals surface area (Å²) in [6.07, 6.45) is 5.41. The molecule has 1 aliphatic heterocycles. The molecular formula is C18H27NO. The van der Waals surface area contributed by atoms with E-state index in [1.54, 1.807) is 0 Å². The predicted molar refractivity (Wildman–Crippen MR) is 83.3 cm³/mol. The van der Waals surface area contributed by atoms with Crippen molar-refractivity contribution in [1.29, 1.82) is 0 Å². The molecule has 2 aliphatic rings. The van der Waals surface area contributed by atoms with E-state index in [0.29, 0.717) is 12.1 Å². The number of hydrogen-bond donors (Lipinski definition) is 1. The van der Waals surface area contributed by atoms with Gasteiger partial charge in [0.2, 0.25) is 0 Å². The van der Waals surface area contributed by atoms with Crippen molar-refractivity contribution in [3.8, 4) is 5.75 Å². The molecule has 0 spiro atoms. The summed E-state index contributed by atoms with van der Waals surface area (Å²) in [6.45, 7) is 7.90. The Kier molecular flexibility index (Phi) is 4.02. The SMILES string of the molecule is Cc1ccc2c(c1)CC(CNC1CC(C)CC(C)C1)O2. The Morgan fingerprint density at radius 3 is 2.65 bits per heavy atom. The quantitative estimate of drug-likeness (QED) is 0.906. The monoisotopic (exact) mass is 273 g/mol. The van der Waals surface area contributed by atoms with Gasteiger partial charge in [0.05, 0.1) is 0 Å². The van der Waals surface area contributed by atoms with Crippen LogP contribution in [0.1, 0.15) is 44.2 Å². The Balaban J connectivity index is 1.51. The molecule has 1 N–H and O–H groups in total. The van der Waals surface area contributed by atoms with Crippen molar-refractivity contribution in [2.75, 3.05) is 6.54 Å². The Morgan fingerprint density at radius 1 is 1.15 bits per heavy atom. The van der Waals surface area contributed by atoms with Gasteiger partial charge >= 0.3 is 0 Å². The van der Waals surface area contributed by atoms with Crippen LogP contribution in [-0.4, -0.2) is 18.7 Å². The normalized spacial score (nSPS) is 32.8. The molecule has 1 saturated carbocycles. The lowest BCUT2D eigenvalue weighted by Crippen LogP contribution is -2.41. The highest BCUT2D eigenvalue weighted by atomic mass is 16.5. The van der Waals surface area contributed by atoms with Crippen LogP contribution in [0.25, 0.3) is 0 Å². The van der Waals surface area contributed by atoms with E-state index in [0.717, 1.165) is 30.6 Å². The van der Waals surface area contributed by atoms with Crippen LogP contribution in [0.4, 0.5) is 0 Å². The standard InChI is InChI=1S/C18H27NO/c1-12-4-5-18-15(7-12)10-17(20-18)11-19-16-8-13(2)6-14(3)9-16/h4-5,7,13-14,16-17,19H,6,8-11H2,1-3H3. The molecule has 0 radical (unpaired) electrons. The maximum atomic E-state index is 6.04. The van der Waals surface area contributed by atoms with Gasteiger partial charge in [0, 0.05) is 19.0 Å². The first-order valence-corrected chi connectivity index (χ1v) is 8.09. The largest absolute Gasteiger partial charge is 0.488 e. The highest BCUT2D eigenvalue weighted by molar-refractivity contribution is 5.40. The average molecular weight is 273 g/mol. The average Bonchev–Trinajstić information content (AvgIpc) is 2.77. The molecule has 1 aromatic rings. The van der Waals surface area contributed by atoms with Crippen molar-refractivity contribution in [2.45, 2.75) is 58.6 Å². The van der Waals surface area contributed by atoms with Gasteiger partial charge in [0.25, 0.3) is 0 Å². The molecule has 1 aromatic carbocycles. The Hall–Kier alpha value is -1.02. The maximum Gasteiger partial charge on any atom is 0.123 e. The molecule has 0 bridgehead atoms. The van der Waals surface area contributed by atoms with E-state index in [-0.39, 0.29) is 0 Å². The lowest BCUT2D eigenvalue weighted by atomic mass is 9.80. The molecule has 3 atom stereocenters. The van der Waals surface area contributed by atoms with Gasteiger partial charge in [-0.3, -0.25) is 0 Å². The number of ether oxygens (including phenoxy) is 1. The number of fused-ring (bicyclic) bond motifs is 1. The topological polar surface area (TPSA) is 21.3 Å². The second kappa shape index (κ2) is 5.77. The summed E-state index contributed by atoms with van der Waals surface area (Å²) in [7, 11) is 0. The molecule has 1 aliphatic carbocycles. The fourth-order valence-electron chi connectivity index (χ4n) is 3.97. The summed E-state index contributed by atoms with van der Waals surface area (Å²) in [6, 6.07) is 7.21. The molecule has 3 rings (SSSR count). The summed E-state index contributed by atoms with van der Waals surface area (Å²) in [5, 5.41) is 3.75. The lowest BCUT2D eigenvalue weighted by molar-refractivity contribution is 0.191. The fraction of sp³-hybridized carbons (Fsp3) is 0.667. The van der Waals surface area contributed by atoms with E-state index in [2.05, 4.69) is 44.3 Å². The molecule has 20 heavy (non-hydrogen) atoms. The third kappa shape index (κ3) is 3.17. The number of benzene rings is 1. The molecule has 2 heteroatoms. The summed E-state index contributed by atoms with van der Waals surface area (Å²) in [5.74, 6) is 2.81. The van der Waals surface area contributed by atoms with Crippen LogP contribution in [0.3, 0.4) is 0 Å². The van der Waals surface area contributed by atoms with Crippen molar-refractivity contribution < 1.29 is 4.74 Å². The van der Waals surface area contributed by atoms with Gasteiger partial charge in [-0.1, -0.05) is 31.5 Å². The summed E-state index contributed by atoms with van der Waals surface area (Å²) < 4.78 is 6.04. The van der Waals surface area contributed by atoms with Crippen molar-refractivity contribution in [1.82, 2.24) is 5.32 Å². The summed E-state index contributed by atoms with van der Waals surface area (Å²) in [4.78, 5) is 0. The third-order valence-electron chi connectivity index (χ3n) is 4.77. The van der Waals surface area contributed by atoms with Gasteiger partial charge in [0.15, 0.2) is 0 Å². The first kappa shape index (κ1) is 13.9. The second-order valence-electron chi connectivity index (χ2n) is 7.08. The second-order valence-corrected chi connectivity index (χ2v) is 7.08. The van der Waals surface area contributed by atoms with Crippen LogP contribution in [0.5, 0.6) is 5.75 Å². The first-order valence-electron chi connectivity index (χ1n) is 8.09. The molecule has 0 amide bonds. The fourth-order valence-corrected chi connectivity index (χ4v) is 3.97. The van der Waals surface area contributed by atoms with Crippen LogP contribution >= 0.6 is 0 Å². The number of hydrogen-bond acceptors (Lipinski definition) is 2. The van der Waals surface area contributed by atoms with E-state index in [1.807, 2.05) is 0 Å². The highest BCUT2D eigenvalue weighted by Gasteiger charge is 2.27. The van der Waals surface area contributed by atoms with Gasteiger partial charge in [-0.2, -0.15) is 0 Å². The number of rotatable bonds is 3. The zero-order valence-electron chi connectivity index (χ0n) is 13.0. The molecule has 1 heterocycles. The van der Waals surface area contributed by atoms with Gasteiger partial charge in [-0.15, -0.1) is 0 Å². The highest BCUT2D eigenvalue weighted by Crippen LogP contribution is 2.31. The van der Waals surface area contributed by atoms with Crippen LogP contribution in [0.2, 0.25) is 0 Å². The Labute approximate surface area is 122 Å². The van der Waals surface area contributed by atoms with E-state index < -0.39 is 0 Å². The zero-order chi connectivity index (χ0) is 14.1. The van der Waals surface area contributed by atoms with E-state index in [1.165, 1.54) is 30.4 Å². The smallest absolute Gasteiger partial charge is 0.123 e. The van der Waals surface area contributed by atoms with Crippen molar-refractivity contribution in [2.24, 2.45) is 11.8 Å². The zero-order valence-corrected chi connectivity index (χ0v) is 13.0.